The Labute approximate surface area is 159 Å². The number of hydrogen-bond acceptors (Lipinski definition) is 3. The molecular weight excluding hydrogens is 357 g/mol. The molecule has 128 valence electrons. The maximum Gasteiger partial charge on any atom is 0.106 e. The molecule has 0 aromatic heterocycles. The minimum absolute atomic E-state index is 0.633. The molecule has 0 unspecified atom stereocenters. The topological polar surface area (TPSA) is 48.2 Å². The first kappa shape index (κ1) is 18.1. The van der Waals surface area contributed by atoms with Gasteiger partial charge < -0.3 is 0 Å². The third-order valence-electron chi connectivity index (χ3n) is 4.03. The van der Waals surface area contributed by atoms with Crippen LogP contribution in [0, 0.1) is 11.3 Å². The predicted molar refractivity (Wildman–Crippen MR) is 113 cm³/mol. The van der Waals surface area contributed by atoms with E-state index in [4.69, 9.17) is 17.1 Å². The molecule has 0 radical (unpaired) electrons. The fourth-order valence-electron chi connectivity index (χ4n) is 2.54. The van der Waals surface area contributed by atoms with Gasteiger partial charge in [-0.05, 0) is 24.6 Å². The number of nitriles is 1. The first-order valence-corrected chi connectivity index (χ1v) is 11.0. The maximum absolute atomic E-state index is 8.93. The van der Waals surface area contributed by atoms with E-state index in [-0.39, 0.29) is 0 Å². The quantitative estimate of drug-likeness (QED) is 0.418. The summed E-state index contributed by atoms with van der Waals surface area (Å²) in [5.41, 5.74) is 2.42. The Hall–Kier alpha value is -2.73. The minimum atomic E-state index is -2.27. The zero-order chi connectivity index (χ0) is 18.4. The van der Waals surface area contributed by atoms with Crippen molar-refractivity contribution in [3.63, 3.8) is 0 Å². The van der Waals surface area contributed by atoms with Gasteiger partial charge >= 0.3 is 0 Å². The highest BCUT2D eigenvalue weighted by molar-refractivity contribution is 8.20. The van der Waals surface area contributed by atoms with E-state index in [1.807, 2.05) is 79.7 Å². The van der Waals surface area contributed by atoms with E-state index in [1.54, 1.807) is 12.1 Å². The Bertz CT molecular complexity index is 947. The summed E-state index contributed by atoms with van der Waals surface area (Å²) in [6.45, 7) is 1.93. The highest BCUT2D eigenvalue weighted by atomic mass is 32.4. The molecule has 0 aliphatic rings. The van der Waals surface area contributed by atoms with Gasteiger partial charge in [0.05, 0.1) is 17.3 Å². The monoisotopic (exact) mass is 375 g/mol. The molecule has 26 heavy (non-hydrogen) atoms. The summed E-state index contributed by atoms with van der Waals surface area (Å²) in [6.07, 6.45) is -2.27. The van der Waals surface area contributed by atoms with Crippen molar-refractivity contribution in [1.29, 1.82) is 5.26 Å². The van der Waals surface area contributed by atoms with E-state index in [0.717, 1.165) is 21.9 Å². The van der Waals surface area contributed by atoms with Gasteiger partial charge in [-0.25, -0.2) is 0 Å². The minimum Gasteiger partial charge on any atom is -0.272 e. The number of nitrogens with one attached hydrogen (secondary N) is 1. The van der Waals surface area contributed by atoms with Gasteiger partial charge in [-0.15, -0.1) is 0 Å². The zero-order valence-electron chi connectivity index (χ0n) is 14.3. The van der Waals surface area contributed by atoms with E-state index >= 15 is 0 Å². The number of benzene rings is 3. The van der Waals surface area contributed by atoms with Crippen molar-refractivity contribution in [2.24, 2.45) is 5.10 Å². The van der Waals surface area contributed by atoms with Crippen LogP contribution >= 0.6 is 6.19 Å². The van der Waals surface area contributed by atoms with Crippen LogP contribution in [0.2, 0.25) is 0 Å². The van der Waals surface area contributed by atoms with Gasteiger partial charge in [0.1, 0.15) is 6.19 Å². The lowest BCUT2D eigenvalue weighted by molar-refractivity contribution is 1.09. The fourth-order valence-corrected chi connectivity index (χ4v) is 5.39. The molecule has 0 spiro atoms. The van der Waals surface area contributed by atoms with Crippen LogP contribution in [0.5, 0.6) is 0 Å². The number of hydrogen-bond donors (Lipinski definition) is 1. The lowest BCUT2D eigenvalue weighted by atomic mass is 10.1. The average molecular weight is 375 g/mol. The second kappa shape index (κ2) is 8.10. The Balaban J connectivity index is 1.96. The van der Waals surface area contributed by atoms with Crippen LogP contribution in [-0.2, 0) is 11.8 Å². The van der Waals surface area contributed by atoms with Gasteiger partial charge in [0.15, 0.2) is 0 Å². The van der Waals surface area contributed by atoms with E-state index in [0.29, 0.717) is 5.56 Å². The van der Waals surface area contributed by atoms with Crippen LogP contribution in [0.3, 0.4) is 0 Å². The third kappa shape index (κ3) is 3.91. The van der Waals surface area contributed by atoms with Gasteiger partial charge in [-0.1, -0.05) is 84.6 Å². The molecule has 0 amide bonds. The first-order chi connectivity index (χ1) is 12.6. The van der Waals surface area contributed by atoms with Crippen molar-refractivity contribution in [2.45, 2.75) is 6.92 Å². The summed E-state index contributed by atoms with van der Waals surface area (Å²) in [6, 6.07) is 29.7. The highest BCUT2D eigenvalue weighted by Crippen LogP contribution is 2.39. The molecule has 0 saturated heterocycles. The third-order valence-corrected chi connectivity index (χ3v) is 7.97. The summed E-state index contributed by atoms with van der Waals surface area (Å²) in [7, 11) is 0. The summed E-state index contributed by atoms with van der Waals surface area (Å²) >= 11 is 6.09. The number of nitrogens with zero attached hydrogens (tertiary/aromatic N) is 2. The molecule has 0 saturated carbocycles. The maximum atomic E-state index is 8.93. The van der Waals surface area contributed by atoms with Crippen molar-refractivity contribution < 1.29 is 0 Å². The van der Waals surface area contributed by atoms with Gasteiger partial charge in [0.25, 0.3) is 0 Å². The fraction of sp³-hybridized carbons (Fsp3) is 0.0476. The van der Waals surface area contributed by atoms with E-state index in [2.05, 4.69) is 16.4 Å². The molecule has 3 aromatic rings. The van der Waals surface area contributed by atoms with Crippen LogP contribution in [0.25, 0.3) is 0 Å². The molecule has 0 bridgehead atoms. The van der Waals surface area contributed by atoms with Crippen LogP contribution in [0.4, 0.5) is 0 Å². The van der Waals surface area contributed by atoms with Gasteiger partial charge in [-0.3, -0.25) is 5.20 Å². The summed E-state index contributed by atoms with van der Waals surface area (Å²) in [4.78, 5) is 0. The molecule has 1 N–H and O–H groups in total. The van der Waals surface area contributed by atoms with Crippen molar-refractivity contribution in [3.05, 3.63) is 96.1 Å². The Morgan fingerprint density at radius 1 is 0.885 bits per heavy atom. The van der Waals surface area contributed by atoms with Crippen molar-refractivity contribution >= 4 is 34.3 Å². The average Bonchev–Trinajstić information content (AvgIpc) is 2.73. The molecule has 5 heteroatoms. The normalized spacial score (nSPS) is 11.6. The Morgan fingerprint density at radius 2 is 1.38 bits per heavy atom. The molecule has 3 aromatic carbocycles. The molecule has 0 heterocycles. The van der Waals surface area contributed by atoms with E-state index in [1.165, 1.54) is 0 Å². The second-order valence-electron chi connectivity index (χ2n) is 5.77. The van der Waals surface area contributed by atoms with Crippen LogP contribution in [0.1, 0.15) is 18.1 Å². The van der Waals surface area contributed by atoms with Crippen LogP contribution < -0.4 is 15.8 Å². The summed E-state index contributed by atoms with van der Waals surface area (Å²) in [5, 5.41) is 19.0. The molecule has 0 atom stereocenters. The van der Waals surface area contributed by atoms with Crippen LogP contribution in [0.15, 0.2) is 90.0 Å². The second-order valence-corrected chi connectivity index (χ2v) is 9.86. The molecular formula is C21H18N3PS. The van der Waals surface area contributed by atoms with Gasteiger partial charge in [0.2, 0.25) is 0 Å². The molecule has 0 aliphatic carbocycles. The van der Waals surface area contributed by atoms with Crippen molar-refractivity contribution in [1.82, 2.24) is 5.20 Å². The molecule has 3 nitrogen and oxygen atoms in total. The zero-order valence-corrected chi connectivity index (χ0v) is 16.0. The highest BCUT2D eigenvalue weighted by Gasteiger charge is 2.21. The van der Waals surface area contributed by atoms with Gasteiger partial charge in [-0.2, -0.15) is 10.4 Å². The van der Waals surface area contributed by atoms with Crippen LogP contribution in [-0.4, -0.2) is 5.71 Å². The molecule has 3 rings (SSSR count). The summed E-state index contributed by atoms with van der Waals surface area (Å²) in [5.74, 6) is 0. The number of rotatable bonds is 5. The summed E-state index contributed by atoms with van der Waals surface area (Å²) < 4.78 is 0. The smallest absolute Gasteiger partial charge is 0.106 e. The largest absolute Gasteiger partial charge is 0.272 e. The van der Waals surface area contributed by atoms with Crippen molar-refractivity contribution in [3.8, 4) is 6.07 Å². The van der Waals surface area contributed by atoms with Gasteiger partial charge in [0, 0.05) is 10.6 Å². The van der Waals surface area contributed by atoms with Crippen molar-refractivity contribution in [2.75, 3.05) is 0 Å². The lowest BCUT2D eigenvalue weighted by Gasteiger charge is -2.23. The standard InChI is InChI=1S/C21H18N3PS/c1-17(19-14-12-18(16-22)13-15-19)23-24-25(26,20-8-4-2-5-9-20)21-10-6-3-7-11-21/h2-15H,1H3,(H,24,26). The predicted octanol–water partition coefficient (Wildman–Crippen LogP) is 3.92. The molecule has 0 aliphatic heterocycles. The number of hydrazone groups is 1. The van der Waals surface area contributed by atoms with E-state index < -0.39 is 6.19 Å². The molecule has 0 fully saturated rings. The lowest BCUT2D eigenvalue weighted by Crippen LogP contribution is -2.25. The first-order valence-electron chi connectivity index (χ1n) is 8.17. The van der Waals surface area contributed by atoms with E-state index in [9.17, 15) is 0 Å². The SMILES string of the molecule is CC(=NNP(=S)(c1ccccc1)c1ccccc1)c1ccc(C#N)cc1. The Morgan fingerprint density at radius 3 is 1.85 bits per heavy atom. The Kier molecular flexibility index (Phi) is 5.63.